The van der Waals surface area contributed by atoms with Gasteiger partial charge in [0.05, 0.1) is 0 Å². The molecule has 0 bridgehead atoms. The lowest BCUT2D eigenvalue weighted by Gasteiger charge is -2.04. The van der Waals surface area contributed by atoms with Crippen LogP contribution in [-0.4, -0.2) is 5.33 Å². The Kier molecular flexibility index (Phi) is 4.82. The van der Waals surface area contributed by atoms with E-state index in [2.05, 4.69) is 35.0 Å². The summed E-state index contributed by atoms with van der Waals surface area (Å²) in [6.45, 7) is 2.13. The highest BCUT2D eigenvalue weighted by molar-refractivity contribution is 9.09. The topological polar surface area (TPSA) is 0 Å². The first-order chi connectivity index (χ1) is 6.27. The summed E-state index contributed by atoms with van der Waals surface area (Å²) in [5, 5.41) is 1.96. The Morgan fingerprint density at radius 1 is 1.38 bits per heavy atom. The zero-order valence-corrected chi connectivity index (χ0v) is 10.2. The maximum atomic E-state index is 6.02. The molecule has 2 heteroatoms. The van der Waals surface area contributed by atoms with Crippen molar-refractivity contribution in [1.29, 1.82) is 0 Å². The van der Waals surface area contributed by atoms with Crippen LogP contribution < -0.4 is 0 Å². The molecule has 0 heterocycles. The first kappa shape index (κ1) is 11.1. The first-order valence-electron chi connectivity index (χ1n) is 4.61. The molecule has 0 saturated heterocycles. The summed E-state index contributed by atoms with van der Waals surface area (Å²) in [7, 11) is 0. The number of hydrogen-bond donors (Lipinski definition) is 0. The van der Waals surface area contributed by atoms with E-state index in [4.69, 9.17) is 11.6 Å². The Morgan fingerprint density at radius 3 is 2.77 bits per heavy atom. The van der Waals surface area contributed by atoms with Crippen LogP contribution in [0.5, 0.6) is 0 Å². The van der Waals surface area contributed by atoms with E-state index in [9.17, 15) is 0 Å². The molecule has 0 aliphatic carbocycles. The van der Waals surface area contributed by atoms with Gasteiger partial charge in [-0.25, -0.2) is 0 Å². The van der Waals surface area contributed by atoms with Crippen molar-refractivity contribution in [3.63, 3.8) is 0 Å². The fourth-order valence-electron chi connectivity index (χ4n) is 1.33. The third-order valence-corrected chi connectivity index (χ3v) is 3.02. The minimum Gasteiger partial charge on any atom is -0.0928 e. The van der Waals surface area contributed by atoms with E-state index in [1.165, 1.54) is 17.5 Å². The molecular formula is C11H14BrCl. The van der Waals surface area contributed by atoms with Crippen LogP contribution in [0, 0.1) is 0 Å². The van der Waals surface area contributed by atoms with Gasteiger partial charge in [0.15, 0.2) is 0 Å². The molecule has 0 radical (unpaired) electrons. The summed E-state index contributed by atoms with van der Waals surface area (Å²) in [6, 6.07) is 6.33. The third-order valence-electron chi connectivity index (χ3n) is 2.09. The van der Waals surface area contributed by atoms with Gasteiger partial charge in [0.2, 0.25) is 0 Å². The van der Waals surface area contributed by atoms with Gasteiger partial charge in [-0.1, -0.05) is 46.6 Å². The Morgan fingerprint density at radius 2 is 2.15 bits per heavy atom. The van der Waals surface area contributed by atoms with Crippen LogP contribution in [0.2, 0.25) is 5.02 Å². The van der Waals surface area contributed by atoms with E-state index in [1.54, 1.807) is 0 Å². The SMILES string of the molecule is CCc1cc(CCCBr)ccc1Cl. The highest BCUT2D eigenvalue weighted by atomic mass is 79.9. The molecule has 0 aliphatic heterocycles. The molecule has 0 fully saturated rings. The summed E-state index contributed by atoms with van der Waals surface area (Å²) in [6.07, 6.45) is 3.33. The second-order valence-corrected chi connectivity index (χ2v) is 4.27. The van der Waals surface area contributed by atoms with Crippen molar-refractivity contribution in [2.24, 2.45) is 0 Å². The standard InChI is InChI=1S/C11H14BrCl/c1-2-10-8-9(4-3-7-12)5-6-11(10)13/h5-6,8H,2-4,7H2,1H3. The molecule has 1 aromatic rings. The van der Waals surface area contributed by atoms with E-state index < -0.39 is 0 Å². The Bertz CT molecular complexity index is 271. The molecule has 0 nitrogen and oxygen atoms in total. The lowest BCUT2D eigenvalue weighted by atomic mass is 10.1. The van der Waals surface area contributed by atoms with Crippen molar-refractivity contribution in [3.8, 4) is 0 Å². The summed E-state index contributed by atoms with van der Waals surface area (Å²) >= 11 is 9.45. The molecular weight excluding hydrogens is 247 g/mol. The summed E-state index contributed by atoms with van der Waals surface area (Å²) in [5.41, 5.74) is 2.65. The van der Waals surface area contributed by atoms with Gasteiger partial charge in [0, 0.05) is 10.4 Å². The van der Waals surface area contributed by atoms with Gasteiger partial charge in [-0.15, -0.1) is 0 Å². The zero-order valence-electron chi connectivity index (χ0n) is 7.82. The van der Waals surface area contributed by atoms with E-state index in [0.29, 0.717) is 0 Å². The van der Waals surface area contributed by atoms with Gasteiger partial charge < -0.3 is 0 Å². The average molecular weight is 262 g/mol. The second kappa shape index (κ2) is 5.66. The van der Waals surface area contributed by atoms with Crippen LogP contribution in [0.15, 0.2) is 18.2 Å². The van der Waals surface area contributed by atoms with Crippen molar-refractivity contribution >= 4 is 27.5 Å². The van der Waals surface area contributed by atoms with Crippen LogP contribution in [-0.2, 0) is 12.8 Å². The van der Waals surface area contributed by atoms with Crippen LogP contribution in [0.25, 0.3) is 0 Å². The van der Waals surface area contributed by atoms with Gasteiger partial charge in [-0.2, -0.15) is 0 Å². The predicted molar refractivity (Wildman–Crippen MR) is 62.9 cm³/mol. The minimum atomic E-state index is 0.894. The summed E-state index contributed by atoms with van der Waals surface area (Å²) in [4.78, 5) is 0. The van der Waals surface area contributed by atoms with Gasteiger partial charge in [-0.05, 0) is 36.5 Å². The summed E-state index contributed by atoms with van der Waals surface area (Å²) in [5.74, 6) is 0. The van der Waals surface area contributed by atoms with E-state index in [1.807, 2.05) is 6.07 Å². The van der Waals surface area contributed by atoms with Crippen LogP contribution in [0.4, 0.5) is 0 Å². The molecule has 0 aromatic heterocycles. The van der Waals surface area contributed by atoms with E-state index >= 15 is 0 Å². The molecule has 0 amide bonds. The molecule has 0 spiro atoms. The average Bonchev–Trinajstić information content (AvgIpc) is 2.16. The van der Waals surface area contributed by atoms with Crippen molar-refractivity contribution in [2.75, 3.05) is 5.33 Å². The minimum absolute atomic E-state index is 0.894. The third kappa shape index (κ3) is 3.32. The number of hydrogen-bond acceptors (Lipinski definition) is 0. The molecule has 13 heavy (non-hydrogen) atoms. The number of halogens is 2. The second-order valence-electron chi connectivity index (χ2n) is 3.07. The van der Waals surface area contributed by atoms with Gasteiger partial charge in [0.25, 0.3) is 0 Å². The van der Waals surface area contributed by atoms with Gasteiger partial charge in [-0.3, -0.25) is 0 Å². The largest absolute Gasteiger partial charge is 0.0928 e. The predicted octanol–water partition coefficient (Wildman–Crippen LogP) is 4.23. The highest BCUT2D eigenvalue weighted by Gasteiger charge is 1.99. The zero-order chi connectivity index (χ0) is 9.68. The van der Waals surface area contributed by atoms with Crippen LogP contribution in [0.3, 0.4) is 0 Å². The van der Waals surface area contributed by atoms with Crippen LogP contribution >= 0.6 is 27.5 Å². The van der Waals surface area contributed by atoms with E-state index in [-0.39, 0.29) is 0 Å². The molecule has 0 N–H and O–H groups in total. The Hall–Kier alpha value is -0.0100. The molecule has 1 aromatic carbocycles. The normalized spacial score (nSPS) is 10.4. The van der Waals surface area contributed by atoms with Crippen molar-refractivity contribution in [1.82, 2.24) is 0 Å². The number of rotatable bonds is 4. The van der Waals surface area contributed by atoms with Crippen LogP contribution in [0.1, 0.15) is 24.5 Å². The maximum Gasteiger partial charge on any atom is 0.0438 e. The Balaban J connectivity index is 2.74. The van der Waals surface area contributed by atoms with Gasteiger partial charge >= 0.3 is 0 Å². The lowest BCUT2D eigenvalue weighted by molar-refractivity contribution is 0.934. The number of alkyl halides is 1. The van der Waals surface area contributed by atoms with E-state index in [0.717, 1.165) is 23.2 Å². The molecule has 1 rings (SSSR count). The number of benzene rings is 1. The molecule has 72 valence electrons. The molecule has 0 atom stereocenters. The number of aryl methyl sites for hydroxylation is 2. The van der Waals surface area contributed by atoms with Gasteiger partial charge in [0.1, 0.15) is 0 Å². The fraction of sp³-hybridized carbons (Fsp3) is 0.455. The van der Waals surface area contributed by atoms with Crippen molar-refractivity contribution < 1.29 is 0 Å². The molecule has 0 unspecified atom stereocenters. The molecule has 0 aliphatic rings. The lowest BCUT2D eigenvalue weighted by Crippen LogP contribution is -1.89. The fourth-order valence-corrected chi connectivity index (χ4v) is 1.86. The Labute approximate surface area is 93.4 Å². The highest BCUT2D eigenvalue weighted by Crippen LogP contribution is 2.19. The van der Waals surface area contributed by atoms with Crippen molar-refractivity contribution in [2.45, 2.75) is 26.2 Å². The molecule has 0 saturated carbocycles. The van der Waals surface area contributed by atoms with Crippen molar-refractivity contribution in [3.05, 3.63) is 34.3 Å². The smallest absolute Gasteiger partial charge is 0.0438 e. The summed E-state index contributed by atoms with van der Waals surface area (Å²) < 4.78 is 0. The quantitative estimate of drug-likeness (QED) is 0.712. The first-order valence-corrected chi connectivity index (χ1v) is 6.11. The monoisotopic (exact) mass is 260 g/mol. The maximum absolute atomic E-state index is 6.02.